The molecule has 2 N–H and O–H groups in total. The van der Waals surface area contributed by atoms with Crippen molar-refractivity contribution in [1.82, 2.24) is 14.5 Å². The van der Waals surface area contributed by atoms with Gasteiger partial charge < -0.3 is 15.0 Å². The molecule has 0 bridgehead atoms. The summed E-state index contributed by atoms with van der Waals surface area (Å²) in [7, 11) is 3.94. The monoisotopic (exact) mass is 254 g/mol. The Hall–Kier alpha value is -1.40. The number of aromatic nitrogens is 2. The van der Waals surface area contributed by atoms with Crippen LogP contribution >= 0.6 is 0 Å². The molecular weight excluding hydrogens is 232 g/mol. The summed E-state index contributed by atoms with van der Waals surface area (Å²) in [6, 6.07) is -0.547. The number of hydrogen-bond acceptors (Lipinski definition) is 5. The Balaban J connectivity index is 2.31. The van der Waals surface area contributed by atoms with Crippen LogP contribution in [0.3, 0.4) is 0 Å². The third kappa shape index (κ3) is 4.46. The summed E-state index contributed by atoms with van der Waals surface area (Å²) >= 11 is 0. The SMILES string of the molecule is CCOC(=O)C(N)CCN(C)Cc1nccn1C. The third-order valence-corrected chi connectivity index (χ3v) is 2.74. The van der Waals surface area contributed by atoms with Crippen LogP contribution in [-0.4, -0.2) is 46.7 Å². The topological polar surface area (TPSA) is 73.4 Å². The summed E-state index contributed by atoms with van der Waals surface area (Å²) in [6.45, 7) is 3.61. The number of aryl methyl sites for hydroxylation is 1. The van der Waals surface area contributed by atoms with Crippen LogP contribution in [-0.2, 0) is 23.1 Å². The van der Waals surface area contributed by atoms with Gasteiger partial charge in [0.1, 0.15) is 11.9 Å². The van der Waals surface area contributed by atoms with Crippen LogP contribution in [0.4, 0.5) is 0 Å². The van der Waals surface area contributed by atoms with Gasteiger partial charge in [-0.05, 0) is 20.4 Å². The van der Waals surface area contributed by atoms with Crippen LogP contribution in [0.5, 0.6) is 0 Å². The first kappa shape index (κ1) is 14.7. The van der Waals surface area contributed by atoms with Gasteiger partial charge in [-0.1, -0.05) is 0 Å². The molecule has 0 fully saturated rings. The Labute approximate surface area is 108 Å². The van der Waals surface area contributed by atoms with E-state index in [9.17, 15) is 4.79 Å². The Morgan fingerprint density at radius 3 is 2.94 bits per heavy atom. The van der Waals surface area contributed by atoms with Gasteiger partial charge in [-0.15, -0.1) is 0 Å². The lowest BCUT2D eigenvalue weighted by Crippen LogP contribution is -2.36. The molecule has 0 aliphatic carbocycles. The molecule has 0 aromatic carbocycles. The van der Waals surface area contributed by atoms with E-state index in [1.165, 1.54) is 0 Å². The quantitative estimate of drug-likeness (QED) is 0.700. The molecule has 1 aromatic rings. The molecular formula is C12H22N4O2. The molecule has 0 aliphatic heterocycles. The molecule has 0 saturated carbocycles. The molecule has 0 radical (unpaired) electrons. The predicted octanol–water partition coefficient (Wildman–Crippen LogP) is 0.132. The van der Waals surface area contributed by atoms with Gasteiger partial charge in [-0.3, -0.25) is 9.69 Å². The average Bonchev–Trinajstić information content (AvgIpc) is 2.72. The van der Waals surface area contributed by atoms with Crippen molar-refractivity contribution < 1.29 is 9.53 Å². The van der Waals surface area contributed by atoms with Gasteiger partial charge in [-0.2, -0.15) is 0 Å². The number of nitrogens with zero attached hydrogens (tertiary/aromatic N) is 3. The van der Waals surface area contributed by atoms with E-state index < -0.39 is 6.04 Å². The number of hydrogen-bond donors (Lipinski definition) is 1. The highest BCUT2D eigenvalue weighted by Gasteiger charge is 2.15. The van der Waals surface area contributed by atoms with E-state index in [2.05, 4.69) is 9.88 Å². The fraction of sp³-hybridized carbons (Fsp3) is 0.667. The number of rotatable bonds is 7. The molecule has 102 valence electrons. The molecule has 1 atom stereocenters. The van der Waals surface area contributed by atoms with Gasteiger partial charge in [-0.25, -0.2) is 4.98 Å². The van der Waals surface area contributed by atoms with Gasteiger partial charge in [0, 0.05) is 26.0 Å². The molecule has 1 rings (SSSR count). The Morgan fingerprint density at radius 1 is 1.67 bits per heavy atom. The molecule has 0 aliphatic rings. The van der Waals surface area contributed by atoms with Gasteiger partial charge in [0.2, 0.25) is 0 Å². The highest BCUT2D eigenvalue weighted by Crippen LogP contribution is 2.01. The largest absolute Gasteiger partial charge is 0.465 e. The number of nitrogens with two attached hydrogens (primary N) is 1. The van der Waals surface area contributed by atoms with Crippen molar-refractivity contribution in [1.29, 1.82) is 0 Å². The van der Waals surface area contributed by atoms with E-state index in [0.29, 0.717) is 13.0 Å². The minimum absolute atomic E-state index is 0.331. The van der Waals surface area contributed by atoms with Crippen LogP contribution in [0.2, 0.25) is 0 Å². The van der Waals surface area contributed by atoms with Crippen LogP contribution in [0.25, 0.3) is 0 Å². The second-order valence-electron chi connectivity index (χ2n) is 4.34. The van der Waals surface area contributed by atoms with Crippen molar-refractivity contribution in [2.24, 2.45) is 12.8 Å². The zero-order chi connectivity index (χ0) is 13.5. The Bertz CT molecular complexity index is 378. The van der Waals surface area contributed by atoms with Crippen LogP contribution in [0.15, 0.2) is 12.4 Å². The lowest BCUT2D eigenvalue weighted by Gasteiger charge is -2.18. The molecule has 0 spiro atoms. The van der Waals surface area contributed by atoms with Gasteiger partial charge in [0.25, 0.3) is 0 Å². The van der Waals surface area contributed by atoms with Crippen molar-refractivity contribution >= 4 is 5.97 Å². The summed E-state index contributed by atoms with van der Waals surface area (Å²) in [6.07, 6.45) is 4.26. The van der Waals surface area contributed by atoms with E-state index in [0.717, 1.165) is 18.9 Å². The summed E-state index contributed by atoms with van der Waals surface area (Å²) in [5.41, 5.74) is 5.73. The number of ether oxygens (including phenoxy) is 1. The summed E-state index contributed by atoms with van der Waals surface area (Å²) < 4.78 is 6.84. The minimum atomic E-state index is -0.547. The second-order valence-corrected chi connectivity index (χ2v) is 4.34. The number of carbonyl (C=O) groups is 1. The summed E-state index contributed by atoms with van der Waals surface area (Å²) in [4.78, 5) is 17.7. The van der Waals surface area contributed by atoms with E-state index >= 15 is 0 Å². The number of esters is 1. The fourth-order valence-electron chi connectivity index (χ4n) is 1.60. The standard InChI is InChI=1S/C12H22N4O2/c1-4-18-12(17)10(13)5-7-15(2)9-11-14-6-8-16(11)3/h6,8,10H,4-5,7,9,13H2,1-3H3. The first-order valence-electron chi connectivity index (χ1n) is 6.11. The van der Waals surface area contributed by atoms with Crippen molar-refractivity contribution in [3.05, 3.63) is 18.2 Å². The van der Waals surface area contributed by atoms with Crippen LogP contribution in [0, 0.1) is 0 Å². The van der Waals surface area contributed by atoms with Gasteiger partial charge >= 0.3 is 5.97 Å². The lowest BCUT2D eigenvalue weighted by molar-refractivity contribution is -0.144. The Morgan fingerprint density at radius 2 is 2.39 bits per heavy atom. The van der Waals surface area contributed by atoms with Crippen LogP contribution < -0.4 is 5.73 Å². The van der Waals surface area contributed by atoms with Gasteiger partial charge in [0.05, 0.1) is 13.2 Å². The van der Waals surface area contributed by atoms with Crippen LogP contribution in [0.1, 0.15) is 19.2 Å². The normalized spacial score (nSPS) is 12.7. The summed E-state index contributed by atoms with van der Waals surface area (Å²) in [5, 5.41) is 0. The van der Waals surface area contributed by atoms with Crippen molar-refractivity contribution in [2.45, 2.75) is 25.9 Å². The van der Waals surface area contributed by atoms with E-state index in [1.807, 2.05) is 24.9 Å². The maximum absolute atomic E-state index is 11.3. The van der Waals surface area contributed by atoms with E-state index in [4.69, 9.17) is 10.5 Å². The molecule has 18 heavy (non-hydrogen) atoms. The zero-order valence-electron chi connectivity index (χ0n) is 11.3. The average molecular weight is 254 g/mol. The highest BCUT2D eigenvalue weighted by atomic mass is 16.5. The number of imidazole rings is 1. The molecule has 0 saturated heterocycles. The van der Waals surface area contributed by atoms with Gasteiger partial charge in [0.15, 0.2) is 0 Å². The second kappa shape index (κ2) is 7.13. The fourth-order valence-corrected chi connectivity index (χ4v) is 1.60. The zero-order valence-corrected chi connectivity index (χ0v) is 11.3. The molecule has 6 nitrogen and oxygen atoms in total. The molecule has 0 amide bonds. The molecule has 1 heterocycles. The Kier molecular flexibility index (Phi) is 5.80. The first-order valence-corrected chi connectivity index (χ1v) is 6.11. The van der Waals surface area contributed by atoms with E-state index in [-0.39, 0.29) is 5.97 Å². The minimum Gasteiger partial charge on any atom is -0.465 e. The first-order chi connectivity index (χ1) is 8.54. The van der Waals surface area contributed by atoms with Crippen molar-refractivity contribution in [3.8, 4) is 0 Å². The molecule has 6 heteroatoms. The maximum atomic E-state index is 11.3. The number of carbonyl (C=O) groups excluding carboxylic acids is 1. The predicted molar refractivity (Wildman–Crippen MR) is 68.8 cm³/mol. The van der Waals surface area contributed by atoms with E-state index in [1.54, 1.807) is 13.1 Å². The molecule has 1 unspecified atom stereocenters. The lowest BCUT2D eigenvalue weighted by atomic mass is 10.2. The van der Waals surface area contributed by atoms with Crippen molar-refractivity contribution in [3.63, 3.8) is 0 Å². The molecule has 1 aromatic heterocycles. The highest BCUT2D eigenvalue weighted by molar-refractivity contribution is 5.75. The smallest absolute Gasteiger partial charge is 0.322 e. The third-order valence-electron chi connectivity index (χ3n) is 2.74. The maximum Gasteiger partial charge on any atom is 0.322 e. The summed E-state index contributed by atoms with van der Waals surface area (Å²) in [5.74, 6) is 0.657. The van der Waals surface area contributed by atoms with Crippen molar-refractivity contribution in [2.75, 3.05) is 20.2 Å².